The van der Waals surface area contributed by atoms with E-state index in [-0.39, 0.29) is 30.6 Å². The third-order valence-corrected chi connectivity index (χ3v) is 5.97. The normalized spacial score (nSPS) is 13.4. The summed E-state index contributed by atoms with van der Waals surface area (Å²) in [5.41, 5.74) is 1.51. The lowest BCUT2D eigenvalue weighted by Gasteiger charge is -2.09. The van der Waals surface area contributed by atoms with Crippen LogP contribution in [0, 0.1) is 0 Å². The number of hydrogen-bond acceptors (Lipinski definition) is 8. The van der Waals surface area contributed by atoms with E-state index in [2.05, 4.69) is 20.0 Å². The monoisotopic (exact) mass is 536 g/mol. The molecule has 0 N–H and O–H groups in total. The van der Waals surface area contributed by atoms with Gasteiger partial charge in [-0.05, 0) is 47.5 Å². The van der Waals surface area contributed by atoms with Crippen LogP contribution >= 0.6 is 0 Å². The van der Waals surface area contributed by atoms with Gasteiger partial charge < -0.3 is 9.26 Å². The molecule has 11 nitrogen and oxygen atoms in total. The summed E-state index contributed by atoms with van der Waals surface area (Å²) in [5.74, 6) is -1.18. The molecule has 1 aliphatic rings. The van der Waals surface area contributed by atoms with Crippen molar-refractivity contribution in [3.63, 3.8) is 0 Å². The maximum Gasteiger partial charge on any atom is 0.573 e. The fourth-order valence-corrected chi connectivity index (χ4v) is 4.21. The fraction of sp³-hybridized carbons (Fsp3) is 0.120. The van der Waals surface area contributed by atoms with Gasteiger partial charge in [0.15, 0.2) is 11.5 Å². The summed E-state index contributed by atoms with van der Waals surface area (Å²) in [6, 6.07) is 14.9. The highest BCUT2D eigenvalue weighted by Crippen LogP contribution is 2.27. The van der Waals surface area contributed by atoms with E-state index in [1.54, 1.807) is 36.4 Å². The fourth-order valence-electron chi connectivity index (χ4n) is 4.21. The molecule has 2 amide bonds. The van der Waals surface area contributed by atoms with Crippen LogP contribution < -0.4 is 10.4 Å². The minimum absolute atomic E-state index is 0.0107. The highest BCUT2D eigenvalue weighted by atomic mass is 19.4. The Balaban J connectivity index is 1.19. The molecule has 0 aliphatic carbocycles. The molecule has 6 rings (SSSR count). The Labute approximate surface area is 215 Å². The second-order valence-electron chi connectivity index (χ2n) is 8.50. The average Bonchev–Trinajstić information content (AvgIpc) is 3.55. The van der Waals surface area contributed by atoms with E-state index in [9.17, 15) is 27.6 Å². The number of aromatic nitrogens is 5. The second kappa shape index (κ2) is 8.93. The Kier molecular flexibility index (Phi) is 5.52. The first kappa shape index (κ1) is 24.1. The number of pyridine rings is 1. The Morgan fingerprint density at radius 2 is 1.51 bits per heavy atom. The molecule has 1 aliphatic heterocycles. The summed E-state index contributed by atoms with van der Waals surface area (Å²) < 4.78 is 48.7. The number of fused-ring (bicyclic) bond motifs is 2. The van der Waals surface area contributed by atoms with Crippen molar-refractivity contribution < 1.29 is 32.0 Å². The Bertz CT molecular complexity index is 1770. The van der Waals surface area contributed by atoms with E-state index in [0.717, 1.165) is 9.58 Å². The lowest BCUT2D eigenvalue weighted by Crippen LogP contribution is -2.29. The maximum absolute atomic E-state index is 13.0. The minimum Gasteiger partial charge on any atom is -0.406 e. The zero-order valence-corrected chi connectivity index (χ0v) is 19.6. The predicted molar refractivity (Wildman–Crippen MR) is 126 cm³/mol. The van der Waals surface area contributed by atoms with Gasteiger partial charge >= 0.3 is 12.1 Å². The van der Waals surface area contributed by atoms with Gasteiger partial charge in [0, 0.05) is 6.20 Å². The zero-order valence-electron chi connectivity index (χ0n) is 19.6. The van der Waals surface area contributed by atoms with Crippen LogP contribution in [0.4, 0.5) is 13.2 Å². The SMILES string of the molecule is O=C1c2ccccc2C(=O)N1Cc1nc(Cn2nc3ccc(-c4ccc(OC(F)(F)F)cc4)cn3c2=O)no1. The van der Waals surface area contributed by atoms with Crippen LogP contribution in [0.1, 0.15) is 32.4 Å². The number of nitrogens with zero attached hydrogens (tertiary/aromatic N) is 6. The number of alkyl halides is 3. The van der Waals surface area contributed by atoms with Crippen LogP contribution in [0.25, 0.3) is 16.8 Å². The first-order valence-corrected chi connectivity index (χ1v) is 11.4. The molecule has 0 saturated heterocycles. The molecule has 14 heteroatoms. The molecule has 196 valence electrons. The highest BCUT2D eigenvalue weighted by molar-refractivity contribution is 6.21. The van der Waals surface area contributed by atoms with Crippen molar-refractivity contribution in [1.82, 2.24) is 29.2 Å². The van der Waals surface area contributed by atoms with E-state index in [1.165, 1.54) is 34.9 Å². The quantitative estimate of drug-likeness (QED) is 0.303. The molecule has 0 unspecified atom stereocenters. The van der Waals surface area contributed by atoms with Gasteiger partial charge in [-0.25, -0.2) is 13.9 Å². The second-order valence-corrected chi connectivity index (χ2v) is 8.50. The van der Waals surface area contributed by atoms with E-state index in [4.69, 9.17) is 4.52 Å². The molecule has 0 fully saturated rings. The van der Waals surface area contributed by atoms with E-state index in [0.29, 0.717) is 27.9 Å². The molecule has 4 heterocycles. The Hall–Kier alpha value is -5.27. The van der Waals surface area contributed by atoms with Crippen molar-refractivity contribution in [2.75, 3.05) is 0 Å². The molecular weight excluding hydrogens is 521 g/mol. The molecule has 0 bridgehead atoms. The van der Waals surface area contributed by atoms with Crippen LogP contribution in [0.3, 0.4) is 0 Å². The number of rotatable bonds is 6. The third-order valence-electron chi connectivity index (χ3n) is 5.97. The first-order valence-electron chi connectivity index (χ1n) is 11.4. The third kappa shape index (κ3) is 4.52. The molecule has 0 radical (unpaired) electrons. The average molecular weight is 536 g/mol. The van der Waals surface area contributed by atoms with Gasteiger partial charge in [0.1, 0.15) is 18.8 Å². The van der Waals surface area contributed by atoms with Crippen LogP contribution in [0.5, 0.6) is 5.75 Å². The summed E-state index contributed by atoms with van der Waals surface area (Å²) in [6.07, 6.45) is -3.29. The molecule has 39 heavy (non-hydrogen) atoms. The predicted octanol–water partition coefficient (Wildman–Crippen LogP) is 3.29. The van der Waals surface area contributed by atoms with E-state index >= 15 is 0 Å². The topological polar surface area (TPSA) is 125 Å². The highest BCUT2D eigenvalue weighted by Gasteiger charge is 2.36. The summed E-state index contributed by atoms with van der Waals surface area (Å²) in [7, 11) is 0. The molecule has 2 aromatic carbocycles. The Morgan fingerprint density at radius 1 is 0.846 bits per heavy atom. The number of hydrogen-bond donors (Lipinski definition) is 0. The Morgan fingerprint density at radius 3 is 2.18 bits per heavy atom. The maximum atomic E-state index is 13.0. The van der Waals surface area contributed by atoms with Gasteiger partial charge in [-0.2, -0.15) is 4.98 Å². The van der Waals surface area contributed by atoms with Crippen molar-refractivity contribution in [2.45, 2.75) is 19.5 Å². The number of carbonyl (C=O) groups is 2. The van der Waals surface area contributed by atoms with Gasteiger partial charge in [-0.15, -0.1) is 18.3 Å². The number of halogens is 3. The molecule has 3 aromatic heterocycles. The van der Waals surface area contributed by atoms with E-state index < -0.39 is 23.9 Å². The van der Waals surface area contributed by atoms with Gasteiger partial charge in [-0.1, -0.05) is 29.4 Å². The summed E-state index contributed by atoms with van der Waals surface area (Å²) in [5, 5.41) is 8.07. The van der Waals surface area contributed by atoms with Crippen LogP contribution in [-0.2, 0) is 13.1 Å². The number of ether oxygens (including phenoxy) is 1. The minimum atomic E-state index is -4.79. The number of carbonyl (C=O) groups excluding carboxylic acids is 2. The number of benzene rings is 2. The van der Waals surface area contributed by atoms with Crippen molar-refractivity contribution >= 4 is 17.5 Å². The molecule has 5 aromatic rings. The van der Waals surface area contributed by atoms with Crippen molar-refractivity contribution in [2.24, 2.45) is 0 Å². The zero-order chi connectivity index (χ0) is 27.3. The summed E-state index contributed by atoms with van der Waals surface area (Å²) in [4.78, 5) is 43.3. The summed E-state index contributed by atoms with van der Waals surface area (Å²) in [6.45, 7) is -0.374. The number of amides is 2. The van der Waals surface area contributed by atoms with E-state index in [1.807, 2.05) is 0 Å². The van der Waals surface area contributed by atoms with Crippen LogP contribution in [-0.4, -0.2) is 47.4 Å². The lowest BCUT2D eigenvalue weighted by atomic mass is 10.1. The molecular formula is C25H15F3N6O5. The first-order chi connectivity index (χ1) is 18.7. The van der Waals surface area contributed by atoms with Crippen molar-refractivity contribution in [3.05, 3.63) is 100 Å². The molecule has 0 atom stereocenters. The van der Waals surface area contributed by atoms with Crippen LogP contribution in [0.15, 0.2) is 76.2 Å². The number of imide groups is 1. The van der Waals surface area contributed by atoms with Gasteiger partial charge in [0.05, 0.1) is 11.1 Å². The van der Waals surface area contributed by atoms with Gasteiger partial charge in [0.2, 0.25) is 5.89 Å². The smallest absolute Gasteiger partial charge is 0.406 e. The van der Waals surface area contributed by atoms with Gasteiger partial charge in [0.25, 0.3) is 11.8 Å². The summed E-state index contributed by atoms with van der Waals surface area (Å²) >= 11 is 0. The van der Waals surface area contributed by atoms with Gasteiger partial charge in [-0.3, -0.25) is 14.5 Å². The lowest BCUT2D eigenvalue weighted by molar-refractivity contribution is -0.274. The molecule has 0 saturated carbocycles. The molecule has 0 spiro atoms. The standard InChI is InChI=1S/C25H15F3N6O5/c26-25(27,28)38-16-8-5-14(6-9-16)15-7-10-20-30-34(24(37)32(20)11-15)12-19-29-21(39-31-19)13-33-22(35)17-3-1-2-4-18(17)23(33)36/h1-11H,12-13H2. The van der Waals surface area contributed by atoms with Crippen LogP contribution in [0.2, 0.25) is 0 Å². The van der Waals surface area contributed by atoms with Crippen molar-refractivity contribution in [1.29, 1.82) is 0 Å². The largest absolute Gasteiger partial charge is 0.573 e. The van der Waals surface area contributed by atoms with Crippen molar-refractivity contribution in [3.8, 4) is 16.9 Å².